The number of hydrogen-bond donors (Lipinski definition) is 2. The molecule has 1 unspecified atom stereocenters. The number of hydrogen-bond acceptors (Lipinski definition) is 4. The van der Waals surface area contributed by atoms with Crippen LogP contribution in [0, 0.1) is 0 Å². The Balaban J connectivity index is 1.85. The van der Waals surface area contributed by atoms with Crippen molar-refractivity contribution in [2.24, 2.45) is 0 Å². The van der Waals surface area contributed by atoms with E-state index in [1.807, 2.05) is 6.07 Å². The summed E-state index contributed by atoms with van der Waals surface area (Å²) < 4.78 is 5.36. The average molecular weight is 338 g/mol. The molecule has 2 aromatic rings. The molecule has 25 heavy (non-hydrogen) atoms. The first-order valence-electron chi connectivity index (χ1n) is 8.01. The minimum Gasteiger partial charge on any atom is -0.508 e. The number of ketones is 1. The lowest BCUT2D eigenvalue weighted by Crippen LogP contribution is -2.22. The number of benzene rings is 2. The SMILES string of the molecule is CC(Oc1cccc(C=C2CCc3cc(O)ccc3C2=O)c1)C(=O)O. The van der Waals surface area contributed by atoms with Gasteiger partial charge in [-0.3, -0.25) is 4.79 Å². The number of carbonyl (C=O) groups excluding carboxylic acids is 1. The molecule has 0 spiro atoms. The summed E-state index contributed by atoms with van der Waals surface area (Å²) in [6.45, 7) is 1.46. The number of carboxylic acids is 1. The highest BCUT2D eigenvalue weighted by Crippen LogP contribution is 2.29. The van der Waals surface area contributed by atoms with Gasteiger partial charge in [-0.05, 0) is 67.3 Å². The van der Waals surface area contributed by atoms with Gasteiger partial charge in [0.05, 0.1) is 0 Å². The monoisotopic (exact) mass is 338 g/mol. The number of aryl methyl sites for hydroxylation is 1. The summed E-state index contributed by atoms with van der Waals surface area (Å²) in [4.78, 5) is 23.5. The summed E-state index contributed by atoms with van der Waals surface area (Å²) >= 11 is 0. The zero-order valence-electron chi connectivity index (χ0n) is 13.7. The van der Waals surface area contributed by atoms with Crippen molar-refractivity contribution >= 4 is 17.8 Å². The van der Waals surface area contributed by atoms with Gasteiger partial charge >= 0.3 is 5.97 Å². The molecule has 0 heterocycles. The lowest BCUT2D eigenvalue weighted by atomic mass is 9.86. The fourth-order valence-electron chi connectivity index (χ4n) is 2.84. The summed E-state index contributed by atoms with van der Waals surface area (Å²) in [5.41, 5.74) is 2.93. The van der Waals surface area contributed by atoms with Gasteiger partial charge in [0.25, 0.3) is 0 Å². The summed E-state index contributed by atoms with van der Waals surface area (Å²) in [6.07, 6.45) is 2.13. The minimum absolute atomic E-state index is 0.0496. The number of rotatable bonds is 4. The van der Waals surface area contributed by atoms with Gasteiger partial charge in [-0.15, -0.1) is 0 Å². The van der Waals surface area contributed by atoms with E-state index < -0.39 is 12.1 Å². The molecule has 0 aromatic heterocycles. The van der Waals surface area contributed by atoms with Gasteiger partial charge in [-0.2, -0.15) is 0 Å². The Bertz CT molecular complexity index is 866. The molecular formula is C20H18O5. The number of fused-ring (bicyclic) bond motifs is 1. The lowest BCUT2D eigenvalue weighted by Gasteiger charge is -2.18. The van der Waals surface area contributed by atoms with Gasteiger partial charge < -0.3 is 14.9 Å². The Morgan fingerprint density at radius 3 is 2.76 bits per heavy atom. The predicted molar refractivity (Wildman–Crippen MR) is 92.9 cm³/mol. The van der Waals surface area contributed by atoms with Crippen LogP contribution in [0.3, 0.4) is 0 Å². The molecule has 0 fully saturated rings. The van der Waals surface area contributed by atoms with Crippen molar-refractivity contribution in [3.63, 3.8) is 0 Å². The van der Waals surface area contributed by atoms with Crippen molar-refractivity contribution in [2.75, 3.05) is 0 Å². The zero-order valence-corrected chi connectivity index (χ0v) is 13.7. The first kappa shape index (κ1) is 16.8. The van der Waals surface area contributed by atoms with E-state index in [9.17, 15) is 14.7 Å². The maximum Gasteiger partial charge on any atom is 0.344 e. The van der Waals surface area contributed by atoms with Crippen LogP contribution in [0.4, 0.5) is 0 Å². The molecule has 5 nitrogen and oxygen atoms in total. The van der Waals surface area contributed by atoms with E-state index in [-0.39, 0.29) is 11.5 Å². The molecular weight excluding hydrogens is 320 g/mol. The second-order valence-electron chi connectivity index (χ2n) is 6.01. The highest BCUT2D eigenvalue weighted by molar-refractivity contribution is 6.13. The first-order chi connectivity index (χ1) is 11.9. The van der Waals surface area contributed by atoms with Crippen molar-refractivity contribution in [1.29, 1.82) is 0 Å². The maximum absolute atomic E-state index is 12.6. The Kier molecular flexibility index (Phi) is 4.57. The Hall–Kier alpha value is -3.08. The summed E-state index contributed by atoms with van der Waals surface area (Å²) in [5, 5.41) is 18.5. The molecule has 0 bridgehead atoms. The van der Waals surface area contributed by atoms with Gasteiger partial charge in [-0.25, -0.2) is 4.79 Å². The average Bonchev–Trinajstić information content (AvgIpc) is 2.57. The number of aliphatic carboxylic acids is 1. The lowest BCUT2D eigenvalue weighted by molar-refractivity contribution is -0.144. The van der Waals surface area contributed by atoms with Gasteiger partial charge in [-0.1, -0.05) is 12.1 Å². The van der Waals surface area contributed by atoms with Crippen LogP contribution in [0.2, 0.25) is 0 Å². The maximum atomic E-state index is 12.6. The van der Waals surface area contributed by atoms with Crippen LogP contribution in [0.5, 0.6) is 11.5 Å². The van der Waals surface area contributed by atoms with E-state index in [1.165, 1.54) is 13.0 Å². The standard InChI is InChI=1S/C20H18O5/c1-12(20(23)24)25-17-4-2-3-13(10-17)9-15-6-5-14-11-16(21)7-8-18(14)19(15)22/h2-4,7-12,21H,5-6H2,1H3,(H,23,24). The van der Waals surface area contributed by atoms with Crippen LogP contribution >= 0.6 is 0 Å². The first-order valence-corrected chi connectivity index (χ1v) is 8.01. The van der Waals surface area contributed by atoms with E-state index in [4.69, 9.17) is 9.84 Å². The Morgan fingerprint density at radius 2 is 2.00 bits per heavy atom. The fourth-order valence-corrected chi connectivity index (χ4v) is 2.84. The van der Waals surface area contributed by atoms with Crippen molar-refractivity contribution in [3.05, 3.63) is 64.7 Å². The van der Waals surface area contributed by atoms with Crippen LogP contribution in [0.15, 0.2) is 48.0 Å². The molecule has 0 aliphatic heterocycles. The molecule has 0 saturated carbocycles. The molecule has 1 atom stereocenters. The summed E-state index contributed by atoms with van der Waals surface area (Å²) in [7, 11) is 0. The van der Waals surface area contributed by atoms with Crippen molar-refractivity contribution in [3.8, 4) is 11.5 Å². The quantitative estimate of drug-likeness (QED) is 0.834. The number of Topliss-reactive ketones (excluding diaryl/α,β-unsaturated/α-hetero) is 1. The third kappa shape index (κ3) is 3.71. The number of ether oxygens (including phenoxy) is 1. The van der Waals surface area contributed by atoms with Crippen LogP contribution in [0.1, 0.15) is 34.8 Å². The van der Waals surface area contributed by atoms with Crippen LogP contribution in [0.25, 0.3) is 6.08 Å². The third-order valence-corrected chi connectivity index (χ3v) is 4.15. The second-order valence-corrected chi connectivity index (χ2v) is 6.01. The van der Waals surface area contributed by atoms with Gasteiger partial charge in [0, 0.05) is 11.1 Å². The molecule has 5 heteroatoms. The predicted octanol–water partition coefficient (Wildman–Crippen LogP) is 3.46. The van der Waals surface area contributed by atoms with Crippen LogP contribution in [-0.2, 0) is 11.2 Å². The molecule has 3 rings (SSSR count). The van der Waals surface area contributed by atoms with Gasteiger partial charge in [0.1, 0.15) is 11.5 Å². The molecule has 1 aliphatic rings. The van der Waals surface area contributed by atoms with Gasteiger partial charge in [0.2, 0.25) is 0 Å². The van der Waals surface area contributed by atoms with Crippen molar-refractivity contribution in [2.45, 2.75) is 25.9 Å². The number of aromatic hydroxyl groups is 1. The molecule has 1 aliphatic carbocycles. The van der Waals surface area contributed by atoms with E-state index >= 15 is 0 Å². The number of allylic oxidation sites excluding steroid dienone is 1. The van der Waals surface area contributed by atoms with E-state index in [2.05, 4.69) is 0 Å². The van der Waals surface area contributed by atoms with Crippen LogP contribution < -0.4 is 4.74 Å². The Labute approximate surface area is 145 Å². The number of phenolic OH excluding ortho intramolecular Hbond substituents is 1. The minimum atomic E-state index is -1.04. The zero-order chi connectivity index (χ0) is 18.0. The van der Waals surface area contributed by atoms with E-state index in [1.54, 1.807) is 36.4 Å². The largest absolute Gasteiger partial charge is 0.508 e. The summed E-state index contributed by atoms with van der Waals surface area (Å²) in [5.74, 6) is -0.480. The molecule has 2 aromatic carbocycles. The second kappa shape index (κ2) is 6.81. The molecule has 0 amide bonds. The van der Waals surface area contributed by atoms with E-state index in [0.29, 0.717) is 29.7 Å². The molecule has 0 saturated heterocycles. The third-order valence-electron chi connectivity index (χ3n) is 4.15. The van der Waals surface area contributed by atoms with E-state index in [0.717, 1.165) is 11.1 Å². The number of carbonyl (C=O) groups is 2. The number of carboxylic acid groups (broad SMARTS) is 1. The fraction of sp³-hybridized carbons (Fsp3) is 0.200. The Morgan fingerprint density at radius 1 is 1.20 bits per heavy atom. The topological polar surface area (TPSA) is 83.8 Å². The smallest absolute Gasteiger partial charge is 0.344 e. The highest BCUT2D eigenvalue weighted by atomic mass is 16.5. The number of phenols is 1. The molecule has 128 valence electrons. The molecule has 2 N–H and O–H groups in total. The van der Waals surface area contributed by atoms with Crippen LogP contribution in [-0.4, -0.2) is 28.1 Å². The highest BCUT2D eigenvalue weighted by Gasteiger charge is 2.22. The summed E-state index contributed by atoms with van der Waals surface area (Å²) in [6, 6.07) is 11.8. The van der Waals surface area contributed by atoms with Crippen molar-refractivity contribution in [1.82, 2.24) is 0 Å². The normalized spacial score (nSPS) is 16.4. The van der Waals surface area contributed by atoms with Gasteiger partial charge in [0.15, 0.2) is 11.9 Å². The van der Waals surface area contributed by atoms with Crippen molar-refractivity contribution < 1.29 is 24.5 Å². The molecule has 0 radical (unpaired) electrons.